The quantitative estimate of drug-likeness (QED) is 0.145. The van der Waals surface area contributed by atoms with E-state index < -0.39 is 29.4 Å². The predicted octanol–water partition coefficient (Wildman–Crippen LogP) is 7.33. The van der Waals surface area contributed by atoms with Gasteiger partial charge in [0, 0.05) is 36.1 Å². The van der Waals surface area contributed by atoms with Gasteiger partial charge in [0.25, 0.3) is 0 Å². The van der Waals surface area contributed by atoms with E-state index >= 15 is 0 Å². The van der Waals surface area contributed by atoms with Gasteiger partial charge in [0.15, 0.2) is 0 Å². The molecule has 0 spiro atoms. The lowest BCUT2D eigenvalue weighted by atomic mass is 9.46. The zero-order chi connectivity index (χ0) is 33.0. The molecule has 3 aromatic rings. The van der Waals surface area contributed by atoms with Gasteiger partial charge in [-0.25, -0.2) is 14.4 Å². The van der Waals surface area contributed by atoms with Gasteiger partial charge in [-0.2, -0.15) is 0 Å². The number of cyclic esters (lactones) is 1. The van der Waals surface area contributed by atoms with E-state index in [1.165, 1.54) is 12.4 Å². The Hall–Kier alpha value is -5.11. The second-order valence-corrected chi connectivity index (χ2v) is 13.0. The Labute approximate surface area is 274 Å². The second-order valence-electron chi connectivity index (χ2n) is 13.0. The van der Waals surface area contributed by atoms with E-state index in [-0.39, 0.29) is 23.9 Å². The Balaban J connectivity index is 1.28. The number of carbonyl (C=O) groups is 3. The minimum Gasteiger partial charge on any atom is -0.461 e. The zero-order valence-corrected chi connectivity index (χ0v) is 26.6. The van der Waals surface area contributed by atoms with Crippen molar-refractivity contribution in [1.82, 2.24) is 9.97 Å². The molecule has 0 saturated heterocycles. The first-order valence-corrected chi connectivity index (χ1v) is 15.9. The highest BCUT2D eigenvalue weighted by Crippen LogP contribution is 2.62. The molecule has 0 radical (unpaired) electrons. The molecular formula is C39H38N2O6. The van der Waals surface area contributed by atoms with Crippen molar-refractivity contribution >= 4 is 24.0 Å². The summed E-state index contributed by atoms with van der Waals surface area (Å²) in [5.74, 6) is -0.919. The molecule has 6 rings (SSSR count). The molecule has 2 saturated carbocycles. The molecule has 0 unspecified atom stereocenters. The molecule has 47 heavy (non-hydrogen) atoms. The number of ether oxygens (including phenoxy) is 3. The van der Waals surface area contributed by atoms with Crippen molar-refractivity contribution in [2.45, 2.75) is 45.6 Å². The lowest BCUT2D eigenvalue weighted by molar-refractivity contribution is -0.150. The molecular weight excluding hydrogens is 592 g/mol. The standard InChI is InChI=1S/C39H38N2O6/c1-26-13-16-33-38(2,32(26)15-14-28-22-31(46-36(28)43)21-27-9-5-4-6-10-27)18-17-34(47-37(44)30-12-8-20-41-24-30)39(33,3)25-45-35(42)29-11-7-19-40-23-29/h4-12,14-15,19-24,32-34H,1,13,16-18,25H2,2-3H3/b15-14+,31-21+/t32-,33+,34-,38+,39+/m1/s1. The number of benzene rings is 1. The van der Waals surface area contributed by atoms with Gasteiger partial charge in [-0.05, 0) is 79.0 Å². The first-order valence-electron chi connectivity index (χ1n) is 15.9. The van der Waals surface area contributed by atoms with Crippen molar-refractivity contribution < 1.29 is 28.6 Å². The van der Waals surface area contributed by atoms with E-state index in [4.69, 9.17) is 14.2 Å². The van der Waals surface area contributed by atoms with E-state index in [1.807, 2.05) is 42.5 Å². The van der Waals surface area contributed by atoms with Gasteiger partial charge in [0.2, 0.25) is 0 Å². The Morgan fingerprint density at radius 1 is 0.979 bits per heavy atom. The average molecular weight is 631 g/mol. The lowest BCUT2D eigenvalue weighted by Crippen LogP contribution is -2.58. The van der Waals surface area contributed by atoms with E-state index in [0.29, 0.717) is 28.9 Å². The van der Waals surface area contributed by atoms with Gasteiger partial charge >= 0.3 is 17.9 Å². The Morgan fingerprint density at radius 3 is 2.36 bits per heavy atom. The van der Waals surface area contributed by atoms with Crippen LogP contribution in [-0.2, 0) is 19.0 Å². The molecule has 8 heteroatoms. The molecule has 2 fully saturated rings. The third-order valence-corrected chi connectivity index (χ3v) is 10.1. The number of aromatic nitrogens is 2. The number of hydrogen-bond acceptors (Lipinski definition) is 8. The van der Waals surface area contributed by atoms with Crippen LogP contribution in [0, 0.1) is 22.7 Å². The first kappa shape index (κ1) is 31.9. The van der Waals surface area contributed by atoms with Gasteiger partial charge in [-0.15, -0.1) is 0 Å². The van der Waals surface area contributed by atoms with Crippen molar-refractivity contribution in [3.8, 4) is 0 Å². The average Bonchev–Trinajstić information content (AvgIpc) is 3.43. The third-order valence-electron chi connectivity index (χ3n) is 10.1. The molecule has 0 N–H and O–H groups in total. The number of allylic oxidation sites excluding steroid dienone is 3. The molecule has 0 amide bonds. The Morgan fingerprint density at radius 2 is 1.68 bits per heavy atom. The van der Waals surface area contributed by atoms with E-state index in [1.54, 1.807) is 42.7 Å². The van der Waals surface area contributed by atoms with Gasteiger partial charge < -0.3 is 14.2 Å². The number of carbonyl (C=O) groups excluding carboxylic acids is 3. The minimum absolute atomic E-state index is 0.00431. The molecule has 5 atom stereocenters. The maximum Gasteiger partial charge on any atom is 0.343 e. The smallest absolute Gasteiger partial charge is 0.343 e. The van der Waals surface area contributed by atoms with Crippen molar-refractivity contribution in [3.05, 3.63) is 138 Å². The van der Waals surface area contributed by atoms with Gasteiger partial charge in [-0.1, -0.05) is 68.5 Å². The van der Waals surface area contributed by atoms with Crippen LogP contribution in [0.1, 0.15) is 65.8 Å². The van der Waals surface area contributed by atoms with Gasteiger partial charge in [-0.3, -0.25) is 9.97 Å². The van der Waals surface area contributed by atoms with Gasteiger partial charge in [0.1, 0.15) is 18.5 Å². The van der Waals surface area contributed by atoms with Crippen LogP contribution in [0.2, 0.25) is 0 Å². The van der Waals surface area contributed by atoms with E-state index in [0.717, 1.165) is 30.4 Å². The summed E-state index contributed by atoms with van der Waals surface area (Å²) in [6.45, 7) is 8.80. The van der Waals surface area contributed by atoms with Crippen LogP contribution >= 0.6 is 0 Å². The fourth-order valence-electron chi connectivity index (χ4n) is 7.63. The Kier molecular flexibility index (Phi) is 9.03. The molecule has 0 bridgehead atoms. The second kappa shape index (κ2) is 13.3. The summed E-state index contributed by atoms with van der Waals surface area (Å²) in [5, 5.41) is 0. The summed E-state index contributed by atoms with van der Waals surface area (Å²) in [6.07, 6.45) is 16.0. The van der Waals surface area contributed by atoms with Crippen LogP contribution in [0.15, 0.2) is 121 Å². The summed E-state index contributed by atoms with van der Waals surface area (Å²) < 4.78 is 17.7. The molecule has 3 heterocycles. The number of pyridine rings is 2. The topological polar surface area (TPSA) is 105 Å². The number of hydrogen-bond donors (Lipinski definition) is 0. The number of fused-ring (bicyclic) bond motifs is 1. The maximum atomic E-state index is 13.3. The molecule has 2 aromatic heterocycles. The van der Waals surface area contributed by atoms with Crippen LogP contribution in [0.4, 0.5) is 0 Å². The summed E-state index contributed by atoms with van der Waals surface area (Å²) in [6, 6.07) is 16.4. The Bertz CT molecular complexity index is 1750. The van der Waals surface area contributed by atoms with Crippen molar-refractivity contribution in [2.75, 3.05) is 6.61 Å². The summed E-state index contributed by atoms with van der Waals surface area (Å²) >= 11 is 0. The van der Waals surface area contributed by atoms with Crippen molar-refractivity contribution in [1.29, 1.82) is 0 Å². The third kappa shape index (κ3) is 6.59. The minimum atomic E-state index is -0.716. The van der Waals surface area contributed by atoms with Gasteiger partial charge in [0.05, 0.1) is 16.7 Å². The lowest BCUT2D eigenvalue weighted by Gasteiger charge is -2.59. The zero-order valence-electron chi connectivity index (χ0n) is 26.6. The molecule has 2 aliphatic carbocycles. The summed E-state index contributed by atoms with van der Waals surface area (Å²) in [5.41, 5.74) is 2.18. The summed E-state index contributed by atoms with van der Waals surface area (Å²) in [4.78, 5) is 47.3. The number of nitrogens with zero attached hydrogens (tertiary/aromatic N) is 2. The van der Waals surface area contributed by atoms with Crippen LogP contribution in [-0.4, -0.2) is 40.6 Å². The molecule has 1 aromatic carbocycles. The normalized spacial score (nSPS) is 28.0. The molecule has 1 aliphatic heterocycles. The van der Waals surface area contributed by atoms with E-state index in [2.05, 4.69) is 36.5 Å². The SMILES string of the molecule is C=C1CC[C@@H]2[C@](C)(COC(=O)c3cccnc3)[C@H](OC(=O)c3cccnc3)CC[C@@]2(C)[C@@H]1/C=C/C1=CC(=C\c2ccccc2)/OC1=O. The monoisotopic (exact) mass is 630 g/mol. The first-order chi connectivity index (χ1) is 22.7. The highest BCUT2D eigenvalue weighted by atomic mass is 16.6. The fourth-order valence-corrected chi connectivity index (χ4v) is 7.63. The number of rotatable bonds is 8. The summed E-state index contributed by atoms with van der Waals surface area (Å²) in [7, 11) is 0. The van der Waals surface area contributed by atoms with Crippen LogP contribution in [0.25, 0.3) is 6.08 Å². The van der Waals surface area contributed by atoms with Crippen LogP contribution in [0.5, 0.6) is 0 Å². The van der Waals surface area contributed by atoms with E-state index in [9.17, 15) is 14.4 Å². The molecule has 8 nitrogen and oxygen atoms in total. The maximum absolute atomic E-state index is 13.3. The van der Waals surface area contributed by atoms with Crippen molar-refractivity contribution in [3.63, 3.8) is 0 Å². The van der Waals surface area contributed by atoms with Crippen molar-refractivity contribution in [2.24, 2.45) is 22.7 Å². The largest absolute Gasteiger partial charge is 0.461 e. The predicted molar refractivity (Wildman–Crippen MR) is 176 cm³/mol. The van der Waals surface area contributed by atoms with Crippen LogP contribution in [0.3, 0.4) is 0 Å². The molecule has 240 valence electrons. The highest BCUT2D eigenvalue weighted by Gasteiger charge is 2.59. The highest BCUT2D eigenvalue weighted by molar-refractivity contribution is 5.96. The fraction of sp³-hybridized carbons (Fsp3) is 0.308. The molecule has 3 aliphatic rings. The number of esters is 3. The van der Waals surface area contributed by atoms with Crippen LogP contribution < -0.4 is 0 Å².